The van der Waals surface area contributed by atoms with E-state index in [4.69, 9.17) is 29.0 Å². The largest absolute Gasteiger partial charge is 0.335 e. The molecule has 118 valence electrons. The van der Waals surface area contributed by atoms with E-state index in [9.17, 15) is 0 Å². The van der Waals surface area contributed by atoms with Crippen LogP contribution in [0.5, 0.6) is 0 Å². The maximum atomic E-state index is 6.19. The third kappa shape index (κ3) is 3.77. The van der Waals surface area contributed by atoms with Crippen LogP contribution in [0.25, 0.3) is 11.4 Å². The molecule has 0 aliphatic carbocycles. The number of benzene rings is 1. The summed E-state index contributed by atoms with van der Waals surface area (Å²) in [7, 11) is 0. The topological polar surface area (TPSA) is 69.6 Å². The summed E-state index contributed by atoms with van der Waals surface area (Å²) in [6.07, 6.45) is 2.61. The van der Waals surface area contributed by atoms with Crippen LogP contribution in [-0.4, -0.2) is 25.6 Å². The van der Waals surface area contributed by atoms with Gasteiger partial charge in [-0.05, 0) is 36.8 Å². The van der Waals surface area contributed by atoms with E-state index in [-0.39, 0.29) is 0 Å². The number of rotatable bonds is 5. The van der Waals surface area contributed by atoms with Gasteiger partial charge >= 0.3 is 0 Å². The van der Waals surface area contributed by atoms with Crippen molar-refractivity contribution in [2.24, 2.45) is 0 Å². The molecule has 2 N–H and O–H groups in total. The van der Waals surface area contributed by atoms with Gasteiger partial charge in [-0.25, -0.2) is 4.68 Å². The summed E-state index contributed by atoms with van der Waals surface area (Å²) >= 11 is 13.7. The van der Waals surface area contributed by atoms with E-state index in [1.54, 1.807) is 24.4 Å². The van der Waals surface area contributed by atoms with Crippen molar-refractivity contribution >= 4 is 35.0 Å². The molecule has 23 heavy (non-hydrogen) atoms. The first-order valence-corrected chi connectivity index (χ1v) is 8.58. The Bertz CT molecular complexity index is 807. The molecule has 0 saturated heterocycles. The van der Waals surface area contributed by atoms with Gasteiger partial charge in [0, 0.05) is 28.2 Å². The molecule has 1 aromatic carbocycles. The van der Waals surface area contributed by atoms with Crippen LogP contribution in [0.4, 0.5) is 0 Å². The molecule has 2 aromatic heterocycles. The van der Waals surface area contributed by atoms with Gasteiger partial charge in [-0.3, -0.25) is 4.98 Å². The van der Waals surface area contributed by atoms with Crippen LogP contribution in [0, 0.1) is 0 Å². The van der Waals surface area contributed by atoms with Gasteiger partial charge in [-0.15, -0.1) is 10.2 Å². The Kier molecular flexibility index (Phi) is 5.05. The predicted molar refractivity (Wildman–Crippen MR) is 94.3 cm³/mol. The number of aromatic nitrogens is 4. The molecule has 0 saturated carbocycles. The second kappa shape index (κ2) is 7.21. The Morgan fingerprint density at radius 1 is 1.13 bits per heavy atom. The summed E-state index contributed by atoms with van der Waals surface area (Å²) in [5, 5.41) is 9.96. The minimum Gasteiger partial charge on any atom is -0.335 e. The standard InChI is InChI=1S/C15H13Cl2N5S/c16-10-4-5-13(17)12(9-10)14-20-21-15(22(14)18)23-8-6-11-3-1-2-7-19-11/h1-5,7,9H,6,8,18H2. The lowest BCUT2D eigenvalue weighted by molar-refractivity contribution is 0.848. The van der Waals surface area contributed by atoms with Crippen LogP contribution in [0.15, 0.2) is 47.8 Å². The second-order valence-electron chi connectivity index (χ2n) is 4.72. The minimum atomic E-state index is 0.484. The molecule has 0 spiro atoms. The van der Waals surface area contributed by atoms with Crippen LogP contribution in [0.2, 0.25) is 10.0 Å². The lowest BCUT2D eigenvalue weighted by Crippen LogP contribution is -2.12. The highest BCUT2D eigenvalue weighted by atomic mass is 35.5. The van der Waals surface area contributed by atoms with Crippen molar-refractivity contribution in [2.45, 2.75) is 11.6 Å². The molecule has 8 heteroatoms. The van der Waals surface area contributed by atoms with Gasteiger partial charge in [0.15, 0.2) is 5.82 Å². The fourth-order valence-corrected chi connectivity index (χ4v) is 3.21. The van der Waals surface area contributed by atoms with Crippen molar-refractivity contribution in [3.05, 3.63) is 58.3 Å². The molecule has 0 bridgehead atoms. The lowest BCUT2D eigenvalue weighted by atomic mass is 10.2. The van der Waals surface area contributed by atoms with Gasteiger partial charge in [0.05, 0.1) is 5.02 Å². The first-order valence-electron chi connectivity index (χ1n) is 6.84. The minimum absolute atomic E-state index is 0.484. The van der Waals surface area contributed by atoms with E-state index < -0.39 is 0 Å². The fourth-order valence-electron chi connectivity index (χ4n) is 2.02. The number of hydrogen-bond acceptors (Lipinski definition) is 5. The summed E-state index contributed by atoms with van der Waals surface area (Å²) in [6.45, 7) is 0. The summed E-state index contributed by atoms with van der Waals surface area (Å²) in [5.41, 5.74) is 1.69. The molecule has 2 heterocycles. The summed E-state index contributed by atoms with van der Waals surface area (Å²) < 4.78 is 1.43. The zero-order valence-electron chi connectivity index (χ0n) is 12.0. The molecule has 0 radical (unpaired) electrons. The van der Waals surface area contributed by atoms with Gasteiger partial charge in [-0.2, -0.15) is 0 Å². The number of nitrogens with two attached hydrogens (primary N) is 1. The highest BCUT2D eigenvalue weighted by molar-refractivity contribution is 7.99. The van der Waals surface area contributed by atoms with Crippen LogP contribution in [-0.2, 0) is 6.42 Å². The average molecular weight is 366 g/mol. The van der Waals surface area contributed by atoms with E-state index in [1.165, 1.54) is 16.4 Å². The van der Waals surface area contributed by atoms with E-state index >= 15 is 0 Å². The number of nitrogens with zero attached hydrogens (tertiary/aromatic N) is 4. The third-order valence-electron chi connectivity index (χ3n) is 3.15. The van der Waals surface area contributed by atoms with Gasteiger partial charge in [0.25, 0.3) is 0 Å². The Morgan fingerprint density at radius 3 is 2.78 bits per heavy atom. The number of aryl methyl sites for hydroxylation is 1. The van der Waals surface area contributed by atoms with Gasteiger partial charge in [0.1, 0.15) is 0 Å². The molecule has 5 nitrogen and oxygen atoms in total. The Labute approximate surface area is 147 Å². The summed E-state index contributed by atoms with van der Waals surface area (Å²) in [4.78, 5) is 4.29. The van der Waals surface area contributed by atoms with Crippen LogP contribution in [0.1, 0.15) is 5.69 Å². The zero-order chi connectivity index (χ0) is 16.2. The second-order valence-corrected chi connectivity index (χ2v) is 6.63. The van der Waals surface area contributed by atoms with Crippen LogP contribution < -0.4 is 5.84 Å². The zero-order valence-corrected chi connectivity index (χ0v) is 14.3. The normalized spacial score (nSPS) is 10.9. The number of nitrogen functional groups attached to an aromatic ring is 1. The SMILES string of the molecule is Nn1c(SCCc2ccccn2)nnc1-c1cc(Cl)ccc1Cl. The highest BCUT2D eigenvalue weighted by Crippen LogP contribution is 2.30. The molecular weight excluding hydrogens is 353 g/mol. The number of hydrogen-bond donors (Lipinski definition) is 1. The van der Waals surface area contributed by atoms with E-state index in [0.717, 1.165) is 17.9 Å². The molecule has 0 amide bonds. The van der Waals surface area contributed by atoms with E-state index in [1.807, 2.05) is 18.2 Å². The van der Waals surface area contributed by atoms with Gasteiger partial charge in [-0.1, -0.05) is 41.0 Å². The van der Waals surface area contributed by atoms with Crippen molar-refractivity contribution in [2.75, 3.05) is 11.6 Å². The number of thioether (sulfide) groups is 1. The molecule has 0 aliphatic heterocycles. The first-order chi connectivity index (χ1) is 11.1. The molecule has 3 rings (SSSR count). The third-order valence-corrected chi connectivity index (χ3v) is 4.66. The van der Waals surface area contributed by atoms with Crippen LogP contribution >= 0.6 is 35.0 Å². The summed E-state index contributed by atoms with van der Waals surface area (Å²) in [5.74, 6) is 7.37. The van der Waals surface area contributed by atoms with Crippen molar-refractivity contribution in [3.8, 4) is 11.4 Å². The first kappa shape index (κ1) is 16.1. The molecular formula is C15H13Cl2N5S. The fraction of sp³-hybridized carbons (Fsp3) is 0.133. The Balaban J connectivity index is 1.73. The van der Waals surface area contributed by atoms with Crippen molar-refractivity contribution in [1.29, 1.82) is 0 Å². The molecule has 3 aromatic rings. The molecule has 0 atom stereocenters. The van der Waals surface area contributed by atoms with Gasteiger partial charge in [0.2, 0.25) is 5.16 Å². The number of halogens is 2. The van der Waals surface area contributed by atoms with Crippen LogP contribution in [0.3, 0.4) is 0 Å². The quantitative estimate of drug-likeness (QED) is 0.551. The summed E-state index contributed by atoms with van der Waals surface area (Å²) in [6, 6.07) is 11.0. The maximum Gasteiger partial charge on any atom is 0.210 e. The van der Waals surface area contributed by atoms with Gasteiger partial charge < -0.3 is 5.84 Å². The van der Waals surface area contributed by atoms with E-state index in [0.29, 0.717) is 26.6 Å². The lowest BCUT2D eigenvalue weighted by Gasteiger charge is -2.05. The average Bonchev–Trinajstić information content (AvgIpc) is 2.92. The molecule has 0 unspecified atom stereocenters. The Hall–Kier alpha value is -1.76. The van der Waals surface area contributed by atoms with E-state index in [2.05, 4.69) is 15.2 Å². The van der Waals surface area contributed by atoms with Crippen molar-refractivity contribution in [3.63, 3.8) is 0 Å². The number of pyridine rings is 1. The van der Waals surface area contributed by atoms with Crippen molar-refractivity contribution in [1.82, 2.24) is 19.9 Å². The maximum absolute atomic E-state index is 6.19. The molecule has 0 aliphatic rings. The molecule has 0 fully saturated rings. The monoisotopic (exact) mass is 365 g/mol. The van der Waals surface area contributed by atoms with Crippen molar-refractivity contribution < 1.29 is 0 Å². The Morgan fingerprint density at radius 2 is 2.00 bits per heavy atom. The smallest absolute Gasteiger partial charge is 0.210 e. The highest BCUT2D eigenvalue weighted by Gasteiger charge is 2.15. The predicted octanol–water partition coefficient (Wildman–Crippen LogP) is 3.70.